The third-order valence-corrected chi connectivity index (χ3v) is 3.88. The Kier molecular flexibility index (Phi) is 4.88. The summed E-state index contributed by atoms with van der Waals surface area (Å²) in [5.74, 6) is 0. The molecular formula is C9H12BrNO4S. The van der Waals surface area contributed by atoms with Crippen molar-refractivity contribution < 1.29 is 18.6 Å². The number of aliphatic hydroxyl groups excluding tert-OH is 2. The maximum absolute atomic E-state index is 11.8. The van der Waals surface area contributed by atoms with Crippen molar-refractivity contribution in [3.63, 3.8) is 0 Å². The maximum Gasteiger partial charge on any atom is 0.241 e. The quantitative estimate of drug-likeness (QED) is 0.719. The third-order valence-electron chi connectivity index (χ3n) is 1.87. The Balaban J connectivity index is 2.94. The molecule has 0 amide bonds. The number of rotatable bonds is 5. The van der Waals surface area contributed by atoms with Crippen LogP contribution in [0.5, 0.6) is 0 Å². The van der Waals surface area contributed by atoms with Crippen LogP contribution in [0, 0.1) is 0 Å². The third kappa shape index (κ3) is 3.53. The summed E-state index contributed by atoms with van der Waals surface area (Å²) >= 11 is 3.16. The summed E-state index contributed by atoms with van der Waals surface area (Å²) in [6.07, 6.45) is 0. The van der Waals surface area contributed by atoms with Gasteiger partial charge in [0, 0.05) is 4.47 Å². The normalized spacial score (nSPS) is 12.0. The highest BCUT2D eigenvalue weighted by atomic mass is 79.9. The van der Waals surface area contributed by atoms with E-state index in [2.05, 4.69) is 20.7 Å². The van der Waals surface area contributed by atoms with E-state index in [1.54, 1.807) is 12.1 Å². The Bertz CT molecular complexity index is 445. The molecule has 0 heterocycles. The van der Waals surface area contributed by atoms with Crippen LogP contribution >= 0.6 is 15.9 Å². The predicted octanol–water partition coefficient (Wildman–Crippen LogP) is 0.0806. The molecule has 0 aliphatic heterocycles. The SMILES string of the molecule is O=S(=O)(NC(CO)CO)c1cccc(Br)c1. The fourth-order valence-corrected chi connectivity index (χ4v) is 2.87. The fourth-order valence-electron chi connectivity index (χ4n) is 1.05. The first kappa shape index (κ1) is 13.6. The van der Waals surface area contributed by atoms with E-state index in [-0.39, 0.29) is 4.90 Å². The van der Waals surface area contributed by atoms with E-state index < -0.39 is 29.3 Å². The van der Waals surface area contributed by atoms with Crippen molar-refractivity contribution >= 4 is 26.0 Å². The largest absolute Gasteiger partial charge is 0.395 e. The number of benzene rings is 1. The Morgan fingerprint density at radius 2 is 1.94 bits per heavy atom. The summed E-state index contributed by atoms with van der Waals surface area (Å²) < 4.78 is 26.3. The molecular weight excluding hydrogens is 298 g/mol. The Morgan fingerprint density at radius 1 is 1.31 bits per heavy atom. The molecule has 0 radical (unpaired) electrons. The molecule has 1 aromatic rings. The van der Waals surface area contributed by atoms with Gasteiger partial charge in [0.05, 0.1) is 24.2 Å². The molecule has 7 heteroatoms. The molecule has 0 atom stereocenters. The highest BCUT2D eigenvalue weighted by Crippen LogP contribution is 2.16. The van der Waals surface area contributed by atoms with Gasteiger partial charge in [-0.2, -0.15) is 0 Å². The zero-order valence-electron chi connectivity index (χ0n) is 8.30. The lowest BCUT2D eigenvalue weighted by atomic mass is 10.4. The van der Waals surface area contributed by atoms with Crippen LogP contribution in [0.15, 0.2) is 33.6 Å². The molecule has 1 aromatic carbocycles. The van der Waals surface area contributed by atoms with Crippen molar-refractivity contribution in [3.05, 3.63) is 28.7 Å². The standard InChI is InChI=1S/C9H12BrNO4S/c10-7-2-1-3-9(4-7)16(14,15)11-8(5-12)6-13/h1-4,8,11-13H,5-6H2. The van der Waals surface area contributed by atoms with E-state index in [4.69, 9.17) is 10.2 Å². The van der Waals surface area contributed by atoms with E-state index in [0.717, 1.165) is 0 Å². The average molecular weight is 310 g/mol. The van der Waals surface area contributed by atoms with Crippen molar-refractivity contribution in [2.75, 3.05) is 13.2 Å². The van der Waals surface area contributed by atoms with Gasteiger partial charge in [0.1, 0.15) is 0 Å². The highest BCUT2D eigenvalue weighted by molar-refractivity contribution is 9.10. The molecule has 90 valence electrons. The Labute approximate surface area is 102 Å². The Morgan fingerprint density at radius 3 is 2.44 bits per heavy atom. The summed E-state index contributed by atoms with van der Waals surface area (Å²) in [4.78, 5) is 0.0776. The molecule has 0 bridgehead atoms. The van der Waals surface area contributed by atoms with E-state index in [1.165, 1.54) is 12.1 Å². The highest BCUT2D eigenvalue weighted by Gasteiger charge is 2.18. The molecule has 0 aromatic heterocycles. The molecule has 5 nitrogen and oxygen atoms in total. The zero-order valence-corrected chi connectivity index (χ0v) is 10.7. The van der Waals surface area contributed by atoms with Crippen LogP contribution in [0.3, 0.4) is 0 Å². The van der Waals surface area contributed by atoms with Gasteiger partial charge in [-0.05, 0) is 18.2 Å². The van der Waals surface area contributed by atoms with Gasteiger partial charge in [-0.25, -0.2) is 13.1 Å². The summed E-state index contributed by atoms with van der Waals surface area (Å²) in [5, 5.41) is 17.6. The second kappa shape index (κ2) is 5.74. The number of sulfonamides is 1. The lowest BCUT2D eigenvalue weighted by molar-refractivity contribution is 0.185. The van der Waals surface area contributed by atoms with Gasteiger partial charge in [0.25, 0.3) is 0 Å². The average Bonchev–Trinajstić information content (AvgIpc) is 2.26. The molecule has 0 fully saturated rings. The van der Waals surface area contributed by atoms with Crippen LogP contribution < -0.4 is 4.72 Å². The van der Waals surface area contributed by atoms with E-state index in [9.17, 15) is 8.42 Å². The van der Waals surface area contributed by atoms with Crippen LogP contribution in [0.1, 0.15) is 0 Å². The molecule has 3 N–H and O–H groups in total. The monoisotopic (exact) mass is 309 g/mol. The molecule has 0 saturated carbocycles. The van der Waals surface area contributed by atoms with Crippen LogP contribution in [-0.4, -0.2) is 37.9 Å². The van der Waals surface area contributed by atoms with Gasteiger partial charge in [-0.15, -0.1) is 0 Å². The van der Waals surface area contributed by atoms with E-state index in [1.807, 2.05) is 0 Å². The van der Waals surface area contributed by atoms with Gasteiger partial charge >= 0.3 is 0 Å². The van der Waals surface area contributed by atoms with Crippen LogP contribution in [0.25, 0.3) is 0 Å². The first-order valence-corrected chi connectivity index (χ1v) is 6.77. The van der Waals surface area contributed by atoms with Crippen molar-refractivity contribution in [3.8, 4) is 0 Å². The minimum atomic E-state index is -3.71. The number of hydrogen-bond donors (Lipinski definition) is 3. The molecule has 1 rings (SSSR count). The molecule has 0 aliphatic carbocycles. The number of nitrogens with one attached hydrogen (secondary N) is 1. The van der Waals surface area contributed by atoms with E-state index >= 15 is 0 Å². The zero-order chi connectivity index (χ0) is 12.2. The summed E-state index contributed by atoms with van der Waals surface area (Å²) in [6.45, 7) is -0.909. The van der Waals surface area contributed by atoms with Gasteiger partial charge < -0.3 is 10.2 Å². The molecule has 0 saturated heterocycles. The molecule has 16 heavy (non-hydrogen) atoms. The number of hydrogen-bond acceptors (Lipinski definition) is 4. The minimum absolute atomic E-state index is 0.0776. The van der Waals surface area contributed by atoms with Crippen LogP contribution in [0.4, 0.5) is 0 Å². The number of aliphatic hydroxyl groups is 2. The van der Waals surface area contributed by atoms with Crippen molar-refractivity contribution in [1.29, 1.82) is 0 Å². The molecule has 0 spiro atoms. The second-order valence-corrected chi connectivity index (χ2v) is 5.77. The van der Waals surface area contributed by atoms with Crippen molar-refractivity contribution in [2.45, 2.75) is 10.9 Å². The lowest BCUT2D eigenvalue weighted by Gasteiger charge is -2.13. The lowest BCUT2D eigenvalue weighted by Crippen LogP contribution is -2.39. The van der Waals surface area contributed by atoms with Gasteiger partial charge in [-0.3, -0.25) is 0 Å². The minimum Gasteiger partial charge on any atom is -0.395 e. The Hall–Kier alpha value is -0.470. The molecule has 0 unspecified atom stereocenters. The smallest absolute Gasteiger partial charge is 0.241 e. The van der Waals surface area contributed by atoms with Gasteiger partial charge in [-0.1, -0.05) is 22.0 Å². The first-order valence-electron chi connectivity index (χ1n) is 4.49. The van der Waals surface area contributed by atoms with Gasteiger partial charge in [0.2, 0.25) is 10.0 Å². The first-order chi connectivity index (χ1) is 7.49. The van der Waals surface area contributed by atoms with E-state index in [0.29, 0.717) is 4.47 Å². The fraction of sp³-hybridized carbons (Fsp3) is 0.333. The van der Waals surface area contributed by atoms with Crippen LogP contribution in [-0.2, 0) is 10.0 Å². The summed E-state index contributed by atoms with van der Waals surface area (Å²) in [6, 6.07) is 5.27. The number of halogens is 1. The maximum atomic E-state index is 11.8. The predicted molar refractivity (Wildman–Crippen MR) is 62.4 cm³/mol. The van der Waals surface area contributed by atoms with Crippen molar-refractivity contribution in [2.24, 2.45) is 0 Å². The topological polar surface area (TPSA) is 86.6 Å². The van der Waals surface area contributed by atoms with Gasteiger partial charge in [0.15, 0.2) is 0 Å². The van der Waals surface area contributed by atoms with Crippen molar-refractivity contribution in [1.82, 2.24) is 4.72 Å². The summed E-state index contributed by atoms with van der Waals surface area (Å²) in [7, 11) is -3.71. The summed E-state index contributed by atoms with van der Waals surface area (Å²) in [5.41, 5.74) is 0. The second-order valence-electron chi connectivity index (χ2n) is 3.14. The molecule has 0 aliphatic rings. The van der Waals surface area contributed by atoms with Crippen LogP contribution in [0.2, 0.25) is 0 Å².